The van der Waals surface area contributed by atoms with Crippen LogP contribution in [0.3, 0.4) is 0 Å². The van der Waals surface area contributed by atoms with E-state index < -0.39 is 0 Å². The minimum absolute atomic E-state index is 1.31. The Bertz CT molecular complexity index is 1400. The second kappa shape index (κ2) is 7.41. The molecule has 0 atom stereocenters. The largest absolute Gasteiger partial charge is 0.0616 e. The Morgan fingerprint density at radius 3 is 1.45 bits per heavy atom. The van der Waals surface area contributed by atoms with Gasteiger partial charge in [0.1, 0.15) is 0 Å². The summed E-state index contributed by atoms with van der Waals surface area (Å²) in [5.41, 5.74) is 1.35. The van der Waals surface area contributed by atoms with Crippen molar-refractivity contribution in [3.63, 3.8) is 0 Å². The van der Waals surface area contributed by atoms with Gasteiger partial charge in [0.2, 0.25) is 0 Å². The van der Waals surface area contributed by atoms with Crippen LogP contribution >= 0.6 is 0 Å². The summed E-state index contributed by atoms with van der Waals surface area (Å²) in [6, 6.07) is 40.9. The molecule has 0 nitrogen and oxygen atoms in total. The van der Waals surface area contributed by atoms with Gasteiger partial charge in [-0.25, -0.2) is 0 Å². The topological polar surface area (TPSA) is 0 Å². The van der Waals surface area contributed by atoms with Gasteiger partial charge >= 0.3 is 0 Å². The molecule has 0 spiro atoms. The molecule has 0 heterocycles. The molecule has 138 valence electrons. The maximum atomic E-state index is 2.28. The van der Waals surface area contributed by atoms with Crippen molar-refractivity contribution in [2.45, 2.75) is 6.92 Å². The van der Waals surface area contributed by atoms with E-state index in [0.717, 1.165) is 0 Å². The summed E-state index contributed by atoms with van der Waals surface area (Å²) in [6.45, 7) is 2.16. The van der Waals surface area contributed by atoms with Crippen molar-refractivity contribution >= 4 is 43.1 Å². The number of hydrogen-bond acceptors (Lipinski definition) is 0. The molecule has 0 saturated carbocycles. The molecule has 0 N–H and O–H groups in total. The van der Waals surface area contributed by atoms with Gasteiger partial charge in [-0.3, -0.25) is 0 Å². The molecular weight excluding hydrogens is 348 g/mol. The molecule has 0 unspecified atom stereocenters. The van der Waals surface area contributed by atoms with Crippen molar-refractivity contribution in [3.05, 3.63) is 121 Å². The summed E-state index contributed by atoms with van der Waals surface area (Å²) in [4.78, 5) is 0. The summed E-state index contributed by atoms with van der Waals surface area (Å²) < 4.78 is 0. The van der Waals surface area contributed by atoms with E-state index in [9.17, 15) is 0 Å². The molecule has 0 heteroatoms. The molecule has 0 saturated heterocycles. The monoisotopic (exact) mass is 370 g/mol. The van der Waals surface area contributed by atoms with Crippen molar-refractivity contribution in [2.75, 3.05) is 0 Å². The molecule has 0 aliphatic heterocycles. The van der Waals surface area contributed by atoms with Gasteiger partial charge in [-0.1, -0.05) is 103 Å². The number of fused-ring (bicyclic) bond motifs is 5. The fourth-order valence-electron chi connectivity index (χ4n) is 4.08. The van der Waals surface area contributed by atoms with Crippen LogP contribution in [0.5, 0.6) is 0 Å². The Labute approximate surface area is 171 Å². The van der Waals surface area contributed by atoms with Crippen molar-refractivity contribution < 1.29 is 0 Å². The average Bonchev–Trinajstić information content (AvgIpc) is 2.79. The standard InChI is InChI=1S/C15H12.C14H10/c1-11-5-4-8-14-9-12-6-2-3-7-13(12)10-15(11)14;1-3-7-13-11(5-1)9-10-12-6-2-4-8-14(12)13/h2-10H,1H3;1-10H. The molecule has 0 aliphatic rings. The molecule has 6 aromatic rings. The minimum Gasteiger partial charge on any atom is -0.0616 e. The fraction of sp³-hybridized carbons (Fsp3) is 0.0345. The first-order valence-electron chi connectivity index (χ1n) is 10.0. The van der Waals surface area contributed by atoms with Crippen molar-refractivity contribution in [1.82, 2.24) is 0 Å². The van der Waals surface area contributed by atoms with Crippen molar-refractivity contribution in [3.8, 4) is 0 Å². The Morgan fingerprint density at radius 2 is 0.828 bits per heavy atom. The second-order valence-electron chi connectivity index (χ2n) is 7.50. The lowest BCUT2D eigenvalue weighted by molar-refractivity contribution is 1.54. The molecule has 0 amide bonds. The number of rotatable bonds is 0. The van der Waals surface area contributed by atoms with E-state index in [-0.39, 0.29) is 0 Å². The predicted molar refractivity (Wildman–Crippen MR) is 128 cm³/mol. The van der Waals surface area contributed by atoms with Crippen LogP contribution < -0.4 is 0 Å². The zero-order valence-electron chi connectivity index (χ0n) is 16.5. The Kier molecular flexibility index (Phi) is 4.46. The van der Waals surface area contributed by atoms with E-state index in [1.54, 1.807) is 0 Å². The molecule has 0 fully saturated rings. The average molecular weight is 370 g/mol. The highest BCUT2D eigenvalue weighted by Gasteiger charge is 1.99. The number of benzene rings is 6. The molecule has 29 heavy (non-hydrogen) atoms. The Morgan fingerprint density at radius 1 is 0.345 bits per heavy atom. The molecular formula is C29H22. The van der Waals surface area contributed by atoms with Crippen LogP contribution in [0.25, 0.3) is 43.1 Å². The zero-order chi connectivity index (χ0) is 19.6. The number of hydrogen-bond donors (Lipinski definition) is 0. The van der Waals surface area contributed by atoms with E-state index in [1.807, 2.05) is 0 Å². The highest BCUT2D eigenvalue weighted by Crippen LogP contribution is 2.25. The highest BCUT2D eigenvalue weighted by atomic mass is 14.0. The zero-order valence-corrected chi connectivity index (χ0v) is 16.5. The maximum Gasteiger partial charge on any atom is -0.0105 e. The van der Waals surface area contributed by atoms with Gasteiger partial charge in [-0.2, -0.15) is 0 Å². The summed E-state index contributed by atoms with van der Waals surface area (Å²) in [7, 11) is 0. The van der Waals surface area contributed by atoms with Crippen LogP contribution in [0.2, 0.25) is 0 Å². The Balaban J connectivity index is 0.000000125. The van der Waals surface area contributed by atoms with Crippen molar-refractivity contribution in [1.29, 1.82) is 0 Å². The van der Waals surface area contributed by atoms with Gasteiger partial charge < -0.3 is 0 Å². The van der Waals surface area contributed by atoms with Gasteiger partial charge in [-0.15, -0.1) is 0 Å². The normalized spacial score (nSPS) is 10.9. The molecule has 0 radical (unpaired) electrons. The van der Waals surface area contributed by atoms with Gasteiger partial charge in [-0.05, 0) is 67.7 Å². The van der Waals surface area contributed by atoms with Crippen molar-refractivity contribution in [2.24, 2.45) is 0 Å². The predicted octanol–water partition coefficient (Wildman–Crippen LogP) is 8.29. The van der Waals surface area contributed by atoms with Crippen LogP contribution in [0.15, 0.2) is 115 Å². The Hall–Kier alpha value is -3.64. The van der Waals surface area contributed by atoms with E-state index >= 15 is 0 Å². The summed E-state index contributed by atoms with van der Waals surface area (Å²) in [5, 5.41) is 10.6. The maximum absolute atomic E-state index is 2.28. The van der Waals surface area contributed by atoms with Crippen LogP contribution in [0, 0.1) is 6.92 Å². The summed E-state index contributed by atoms with van der Waals surface area (Å²) in [5.74, 6) is 0. The SMILES string of the molecule is Cc1cccc2cc3ccccc3cc12.c1ccc2c(c1)ccc1ccccc12. The summed E-state index contributed by atoms with van der Waals surface area (Å²) >= 11 is 0. The van der Waals surface area contributed by atoms with E-state index in [2.05, 4.69) is 122 Å². The second-order valence-corrected chi connectivity index (χ2v) is 7.50. The fourth-order valence-corrected chi connectivity index (χ4v) is 4.08. The molecule has 0 aliphatic carbocycles. The lowest BCUT2D eigenvalue weighted by Crippen LogP contribution is -1.79. The van der Waals surface area contributed by atoms with Crippen LogP contribution in [0.4, 0.5) is 0 Å². The third-order valence-electron chi connectivity index (χ3n) is 5.62. The summed E-state index contributed by atoms with van der Waals surface area (Å²) in [6.07, 6.45) is 0. The van der Waals surface area contributed by atoms with Gasteiger partial charge in [0.25, 0.3) is 0 Å². The smallest absolute Gasteiger partial charge is 0.0105 e. The first kappa shape index (κ1) is 17.5. The minimum atomic E-state index is 1.31. The lowest BCUT2D eigenvalue weighted by atomic mass is 10.0. The third-order valence-corrected chi connectivity index (χ3v) is 5.62. The van der Waals surface area contributed by atoms with Gasteiger partial charge in [0.15, 0.2) is 0 Å². The number of aryl methyl sites for hydroxylation is 1. The molecule has 0 bridgehead atoms. The first-order chi connectivity index (χ1) is 14.3. The van der Waals surface area contributed by atoms with Crippen LogP contribution in [-0.4, -0.2) is 0 Å². The quantitative estimate of drug-likeness (QED) is 0.186. The molecule has 6 aromatic carbocycles. The van der Waals surface area contributed by atoms with Crippen LogP contribution in [0.1, 0.15) is 5.56 Å². The van der Waals surface area contributed by atoms with E-state index in [0.29, 0.717) is 0 Å². The molecule has 6 rings (SSSR count). The van der Waals surface area contributed by atoms with E-state index in [4.69, 9.17) is 0 Å². The lowest BCUT2D eigenvalue weighted by Gasteiger charge is -2.04. The molecule has 0 aromatic heterocycles. The van der Waals surface area contributed by atoms with Gasteiger partial charge in [0, 0.05) is 0 Å². The van der Waals surface area contributed by atoms with Gasteiger partial charge in [0.05, 0.1) is 0 Å². The third kappa shape index (κ3) is 3.34. The highest BCUT2D eigenvalue weighted by molar-refractivity contribution is 6.07. The van der Waals surface area contributed by atoms with E-state index in [1.165, 1.54) is 48.7 Å². The first-order valence-corrected chi connectivity index (χ1v) is 10.0. The van der Waals surface area contributed by atoms with Crippen LogP contribution in [-0.2, 0) is 0 Å².